The first-order chi connectivity index (χ1) is 14.3. The summed E-state index contributed by atoms with van der Waals surface area (Å²) in [4.78, 5) is 1.11. The number of hydrogen-bond donors (Lipinski definition) is 1. The largest absolute Gasteiger partial charge is 0.508 e. The summed E-state index contributed by atoms with van der Waals surface area (Å²) in [5.41, 5.74) is 3.07. The monoisotopic (exact) mass is 430 g/mol. The van der Waals surface area contributed by atoms with Crippen LogP contribution in [-0.2, 0) is 6.18 Å². The Balaban J connectivity index is 1.80. The highest BCUT2D eigenvalue weighted by atomic mass is 32.2. The van der Waals surface area contributed by atoms with Crippen molar-refractivity contribution in [2.75, 3.05) is 0 Å². The predicted molar refractivity (Wildman–Crippen MR) is 118 cm³/mol. The number of benzene rings is 3. The molecule has 3 aromatic rings. The first-order valence-electron chi connectivity index (χ1n) is 10.0. The molecule has 0 saturated heterocycles. The Morgan fingerprint density at radius 1 is 0.900 bits per heavy atom. The summed E-state index contributed by atoms with van der Waals surface area (Å²) in [5.74, 6) is 0.297. The van der Waals surface area contributed by atoms with Crippen LogP contribution in [0, 0.1) is 6.92 Å². The molecule has 3 aromatic carbocycles. The second-order valence-corrected chi connectivity index (χ2v) is 8.67. The van der Waals surface area contributed by atoms with E-state index in [1.165, 1.54) is 17.7 Å². The molecule has 0 fully saturated rings. The van der Waals surface area contributed by atoms with Crippen LogP contribution in [0.5, 0.6) is 5.75 Å². The van der Waals surface area contributed by atoms with Gasteiger partial charge in [0.2, 0.25) is 0 Å². The summed E-state index contributed by atoms with van der Waals surface area (Å²) >= 11 is 1.77. The third kappa shape index (κ3) is 5.60. The van der Waals surface area contributed by atoms with Gasteiger partial charge in [-0.3, -0.25) is 0 Å². The Morgan fingerprint density at radius 3 is 2.03 bits per heavy atom. The lowest BCUT2D eigenvalue weighted by molar-refractivity contribution is -0.137. The van der Waals surface area contributed by atoms with Crippen molar-refractivity contribution in [1.82, 2.24) is 0 Å². The zero-order valence-electron chi connectivity index (χ0n) is 17.0. The van der Waals surface area contributed by atoms with Crippen molar-refractivity contribution >= 4 is 11.8 Å². The molecule has 0 amide bonds. The fourth-order valence-corrected chi connectivity index (χ4v) is 4.59. The molecule has 3 rings (SSSR count). The van der Waals surface area contributed by atoms with E-state index in [-0.39, 0.29) is 5.25 Å². The van der Waals surface area contributed by atoms with Crippen molar-refractivity contribution in [3.8, 4) is 16.9 Å². The molecule has 0 aromatic heterocycles. The van der Waals surface area contributed by atoms with Gasteiger partial charge in [-0.2, -0.15) is 13.2 Å². The average molecular weight is 431 g/mol. The number of unbranched alkanes of at least 4 members (excludes halogenated alkanes) is 1. The van der Waals surface area contributed by atoms with E-state index in [4.69, 9.17) is 0 Å². The highest BCUT2D eigenvalue weighted by molar-refractivity contribution is 7.99. The van der Waals surface area contributed by atoms with E-state index < -0.39 is 11.7 Å². The van der Waals surface area contributed by atoms with Gasteiger partial charge in [0.15, 0.2) is 0 Å². The lowest BCUT2D eigenvalue weighted by atomic mass is 10.00. The molecule has 0 unspecified atom stereocenters. The number of aromatic hydroxyl groups is 1. The van der Waals surface area contributed by atoms with E-state index in [1.54, 1.807) is 17.8 Å². The predicted octanol–water partition coefficient (Wildman–Crippen LogP) is 8.41. The van der Waals surface area contributed by atoms with Crippen LogP contribution in [0.2, 0.25) is 0 Å². The fourth-order valence-electron chi connectivity index (χ4n) is 3.29. The van der Waals surface area contributed by atoms with Crippen molar-refractivity contribution in [3.63, 3.8) is 0 Å². The minimum atomic E-state index is -4.32. The van der Waals surface area contributed by atoms with Crippen LogP contribution in [-0.4, -0.2) is 5.11 Å². The quantitative estimate of drug-likeness (QED) is 0.380. The standard InChI is InChI=1S/C25H25F3OS/c1-3-4-5-24(30-22-14-15-23(29)17(2)16-22)20-8-6-18(7-9-20)19-10-12-21(13-11-19)25(26,27)28/h6-16,24,29H,3-5H2,1-2H3/t24-/m1/s1. The third-order valence-corrected chi connectivity index (χ3v) is 6.41. The average Bonchev–Trinajstić information content (AvgIpc) is 2.73. The number of hydrogen-bond acceptors (Lipinski definition) is 2. The summed E-state index contributed by atoms with van der Waals surface area (Å²) in [5, 5.41) is 10.0. The van der Waals surface area contributed by atoms with Gasteiger partial charge in [0.1, 0.15) is 5.75 Å². The molecule has 0 aliphatic carbocycles. The highest BCUT2D eigenvalue weighted by Crippen LogP contribution is 2.40. The van der Waals surface area contributed by atoms with Crippen molar-refractivity contribution in [3.05, 3.63) is 83.4 Å². The molecular weight excluding hydrogens is 405 g/mol. The van der Waals surface area contributed by atoms with Gasteiger partial charge < -0.3 is 5.11 Å². The van der Waals surface area contributed by atoms with Gasteiger partial charge in [-0.1, -0.05) is 56.2 Å². The summed E-state index contributed by atoms with van der Waals surface area (Å²) in [6.07, 6.45) is -1.08. The summed E-state index contributed by atoms with van der Waals surface area (Å²) in [6.45, 7) is 4.05. The van der Waals surface area contributed by atoms with E-state index in [2.05, 4.69) is 19.1 Å². The molecule has 1 nitrogen and oxygen atoms in total. The molecule has 0 bridgehead atoms. The Labute approximate surface area is 180 Å². The van der Waals surface area contributed by atoms with Crippen LogP contribution >= 0.6 is 11.8 Å². The van der Waals surface area contributed by atoms with Crippen molar-refractivity contribution < 1.29 is 18.3 Å². The normalized spacial score (nSPS) is 12.7. The van der Waals surface area contributed by atoms with Crippen LogP contribution in [0.1, 0.15) is 48.1 Å². The molecule has 30 heavy (non-hydrogen) atoms. The Kier molecular flexibility index (Phi) is 7.14. The number of thioether (sulfide) groups is 1. The molecular formula is C25H25F3OS. The fraction of sp³-hybridized carbons (Fsp3) is 0.280. The van der Waals surface area contributed by atoms with Gasteiger partial charge in [-0.05, 0) is 65.9 Å². The highest BCUT2D eigenvalue weighted by Gasteiger charge is 2.29. The summed E-state index contributed by atoms with van der Waals surface area (Å²) in [6, 6.07) is 19.0. The summed E-state index contributed by atoms with van der Waals surface area (Å²) in [7, 11) is 0. The molecule has 5 heteroatoms. The van der Waals surface area contributed by atoms with Crippen molar-refractivity contribution in [2.24, 2.45) is 0 Å². The Morgan fingerprint density at radius 2 is 1.50 bits per heavy atom. The van der Waals surface area contributed by atoms with Gasteiger partial charge >= 0.3 is 6.18 Å². The Hall–Kier alpha value is -2.40. The van der Waals surface area contributed by atoms with Crippen molar-refractivity contribution in [1.29, 1.82) is 0 Å². The molecule has 1 N–H and O–H groups in total. The van der Waals surface area contributed by atoms with Crippen LogP contribution in [0.25, 0.3) is 11.1 Å². The van der Waals surface area contributed by atoms with Crippen LogP contribution in [0.3, 0.4) is 0 Å². The van der Waals surface area contributed by atoms with E-state index in [1.807, 2.05) is 31.2 Å². The second kappa shape index (κ2) is 9.61. The molecule has 0 aliphatic heterocycles. The maximum atomic E-state index is 12.8. The molecule has 158 valence electrons. The molecule has 0 aliphatic rings. The van der Waals surface area contributed by atoms with E-state index in [0.717, 1.165) is 53.0 Å². The SMILES string of the molecule is CCCC[C@@H](Sc1ccc(O)c(C)c1)c1ccc(-c2ccc(C(F)(F)F)cc2)cc1. The maximum Gasteiger partial charge on any atom is 0.416 e. The molecule has 0 spiro atoms. The molecule has 0 heterocycles. The number of phenols is 1. The minimum absolute atomic E-state index is 0.274. The number of rotatable bonds is 7. The van der Waals surface area contributed by atoms with Gasteiger partial charge in [0, 0.05) is 10.1 Å². The lowest BCUT2D eigenvalue weighted by Crippen LogP contribution is -2.03. The number of aryl methyl sites for hydroxylation is 1. The second-order valence-electron chi connectivity index (χ2n) is 7.39. The number of alkyl halides is 3. The van der Waals surface area contributed by atoms with Crippen molar-refractivity contribution in [2.45, 2.75) is 49.4 Å². The van der Waals surface area contributed by atoms with Gasteiger partial charge in [-0.25, -0.2) is 0 Å². The number of phenolic OH excluding ortho intramolecular Hbond substituents is 1. The third-order valence-electron chi connectivity index (χ3n) is 5.09. The lowest BCUT2D eigenvalue weighted by Gasteiger charge is -2.18. The van der Waals surface area contributed by atoms with E-state index in [0.29, 0.717) is 5.75 Å². The molecule has 0 saturated carbocycles. The van der Waals surface area contributed by atoms with Crippen LogP contribution < -0.4 is 0 Å². The first kappa shape index (κ1) is 22.3. The van der Waals surface area contributed by atoms with Gasteiger partial charge in [-0.15, -0.1) is 11.8 Å². The smallest absolute Gasteiger partial charge is 0.416 e. The maximum absolute atomic E-state index is 12.8. The Bertz CT molecular complexity index is 963. The minimum Gasteiger partial charge on any atom is -0.508 e. The van der Waals surface area contributed by atoms with E-state index >= 15 is 0 Å². The summed E-state index contributed by atoms with van der Waals surface area (Å²) < 4.78 is 38.3. The van der Waals surface area contributed by atoms with Crippen LogP contribution in [0.15, 0.2) is 71.6 Å². The van der Waals surface area contributed by atoms with Gasteiger partial charge in [0.25, 0.3) is 0 Å². The molecule has 1 atom stereocenters. The van der Waals surface area contributed by atoms with E-state index in [9.17, 15) is 18.3 Å². The molecule has 0 radical (unpaired) electrons. The number of halogens is 3. The topological polar surface area (TPSA) is 20.2 Å². The zero-order chi connectivity index (χ0) is 21.7. The zero-order valence-corrected chi connectivity index (χ0v) is 17.9. The van der Waals surface area contributed by atoms with Gasteiger partial charge in [0.05, 0.1) is 5.56 Å². The first-order valence-corrected chi connectivity index (χ1v) is 10.9. The van der Waals surface area contributed by atoms with Crippen LogP contribution in [0.4, 0.5) is 13.2 Å².